The maximum Gasteiger partial charge on any atom is 0.200 e. The minimum atomic E-state index is 0.0227. The van der Waals surface area contributed by atoms with Crippen molar-refractivity contribution >= 4 is 11.5 Å². The molecular weight excluding hydrogens is 320 g/mol. The molecule has 0 amide bonds. The van der Waals surface area contributed by atoms with Crippen LogP contribution in [0.15, 0.2) is 30.3 Å². The molecule has 132 valence electrons. The van der Waals surface area contributed by atoms with Crippen LogP contribution in [0.3, 0.4) is 0 Å². The molecule has 8 heteroatoms. The maximum atomic E-state index is 5.80. The molecule has 2 aromatic heterocycles. The van der Waals surface area contributed by atoms with Crippen molar-refractivity contribution in [1.29, 1.82) is 0 Å². The van der Waals surface area contributed by atoms with E-state index in [4.69, 9.17) is 9.47 Å². The van der Waals surface area contributed by atoms with Gasteiger partial charge in [0, 0.05) is 0 Å². The fourth-order valence-electron chi connectivity index (χ4n) is 2.36. The third-order valence-electron chi connectivity index (χ3n) is 3.69. The van der Waals surface area contributed by atoms with E-state index in [0.29, 0.717) is 24.0 Å². The molecule has 25 heavy (non-hydrogen) atoms. The van der Waals surface area contributed by atoms with Crippen LogP contribution in [0, 0.1) is 5.92 Å². The SMILES string of the molecule is COc1cc([C@@H](C)Nc2ccc3nnnn3n2)ccc1OCC(C)C. The molecule has 0 aliphatic rings. The summed E-state index contributed by atoms with van der Waals surface area (Å²) in [4.78, 5) is 0. The Morgan fingerprint density at radius 3 is 2.72 bits per heavy atom. The number of hydrogen-bond donors (Lipinski definition) is 1. The second-order valence-electron chi connectivity index (χ2n) is 6.23. The fourth-order valence-corrected chi connectivity index (χ4v) is 2.36. The number of nitrogens with one attached hydrogen (secondary N) is 1. The highest BCUT2D eigenvalue weighted by molar-refractivity contribution is 5.47. The number of nitrogens with zero attached hydrogens (tertiary/aromatic N) is 5. The van der Waals surface area contributed by atoms with Gasteiger partial charge in [-0.15, -0.1) is 14.8 Å². The Morgan fingerprint density at radius 2 is 1.96 bits per heavy atom. The number of ether oxygens (including phenoxy) is 2. The summed E-state index contributed by atoms with van der Waals surface area (Å²) in [7, 11) is 1.65. The van der Waals surface area contributed by atoms with Crippen molar-refractivity contribution in [3.63, 3.8) is 0 Å². The Morgan fingerprint density at radius 1 is 1.12 bits per heavy atom. The molecule has 0 unspecified atom stereocenters. The molecule has 0 spiro atoms. The van der Waals surface area contributed by atoms with E-state index in [1.807, 2.05) is 30.3 Å². The van der Waals surface area contributed by atoms with E-state index in [1.54, 1.807) is 7.11 Å². The number of aromatic nitrogens is 5. The summed E-state index contributed by atoms with van der Waals surface area (Å²) in [6.07, 6.45) is 0. The second kappa shape index (κ2) is 7.33. The molecule has 0 saturated heterocycles. The fraction of sp³-hybridized carbons (Fsp3) is 0.412. The highest BCUT2D eigenvalue weighted by atomic mass is 16.5. The van der Waals surface area contributed by atoms with Crippen molar-refractivity contribution in [3.8, 4) is 11.5 Å². The summed E-state index contributed by atoms with van der Waals surface area (Å²) >= 11 is 0. The zero-order chi connectivity index (χ0) is 17.8. The van der Waals surface area contributed by atoms with Crippen LogP contribution in [-0.2, 0) is 0 Å². The van der Waals surface area contributed by atoms with E-state index in [0.717, 1.165) is 17.1 Å². The van der Waals surface area contributed by atoms with E-state index >= 15 is 0 Å². The highest BCUT2D eigenvalue weighted by Crippen LogP contribution is 2.31. The summed E-state index contributed by atoms with van der Waals surface area (Å²) in [5.41, 5.74) is 1.67. The standard InChI is InChI=1S/C17H22N6O2/c1-11(2)10-25-14-6-5-13(9-15(14)24-4)12(3)18-16-7-8-17-19-21-22-23(17)20-16/h5-9,11-12H,10H2,1-4H3,(H,18,20)/t12-/m1/s1. The summed E-state index contributed by atoms with van der Waals surface area (Å²) < 4.78 is 12.7. The van der Waals surface area contributed by atoms with Crippen LogP contribution in [0.25, 0.3) is 5.65 Å². The van der Waals surface area contributed by atoms with E-state index in [9.17, 15) is 0 Å². The predicted octanol–water partition coefficient (Wildman–Crippen LogP) is 2.74. The number of hydrogen-bond acceptors (Lipinski definition) is 7. The molecule has 8 nitrogen and oxygen atoms in total. The van der Waals surface area contributed by atoms with Crippen molar-refractivity contribution in [2.24, 2.45) is 5.92 Å². The molecular formula is C17H22N6O2. The lowest BCUT2D eigenvalue weighted by molar-refractivity contribution is 0.256. The molecule has 0 radical (unpaired) electrons. The number of rotatable bonds is 7. The van der Waals surface area contributed by atoms with Gasteiger partial charge in [0.2, 0.25) is 0 Å². The molecule has 1 aromatic carbocycles. The third kappa shape index (κ3) is 3.96. The van der Waals surface area contributed by atoms with E-state index in [-0.39, 0.29) is 6.04 Å². The molecule has 1 N–H and O–H groups in total. The van der Waals surface area contributed by atoms with Crippen molar-refractivity contribution in [2.45, 2.75) is 26.8 Å². The van der Waals surface area contributed by atoms with E-state index in [2.05, 4.69) is 46.7 Å². The number of benzene rings is 1. The predicted molar refractivity (Wildman–Crippen MR) is 93.9 cm³/mol. The van der Waals surface area contributed by atoms with Gasteiger partial charge in [-0.2, -0.15) is 0 Å². The normalized spacial score (nSPS) is 12.4. The number of anilines is 1. The van der Waals surface area contributed by atoms with Crippen LogP contribution in [0.4, 0.5) is 5.82 Å². The molecule has 1 atom stereocenters. The van der Waals surface area contributed by atoms with Gasteiger partial charge in [-0.25, -0.2) is 0 Å². The monoisotopic (exact) mass is 342 g/mol. The Bertz CT molecular complexity index is 848. The van der Waals surface area contributed by atoms with Crippen molar-refractivity contribution in [2.75, 3.05) is 19.0 Å². The van der Waals surface area contributed by atoms with Gasteiger partial charge in [0.1, 0.15) is 5.82 Å². The third-order valence-corrected chi connectivity index (χ3v) is 3.69. The minimum absolute atomic E-state index is 0.0227. The van der Waals surface area contributed by atoms with E-state index < -0.39 is 0 Å². The van der Waals surface area contributed by atoms with Gasteiger partial charge < -0.3 is 14.8 Å². The van der Waals surface area contributed by atoms with Crippen molar-refractivity contribution in [1.82, 2.24) is 25.3 Å². The van der Waals surface area contributed by atoms with Crippen LogP contribution in [0.2, 0.25) is 0 Å². The molecule has 0 bridgehead atoms. The first-order chi connectivity index (χ1) is 12.1. The van der Waals surface area contributed by atoms with Crippen LogP contribution in [-0.4, -0.2) is 39.0 Å². The first kappa shape index (κ1) is 16.9. The summed E-state index contributed by atoms with van der Waals surface area (Å²) in [5, 5.41) is 18.9. The van der Waals surface area contributed by atoms with Crippen molar-refractivity contribution < 1.29 is 9.47 Å². The van der Waals surface area contributed by atoms with Crippen LogP contribution >= 0.6 is 0 Å². The van der Waals surface area contributed by atoms with Crippen LogP contribution < -0.4 is 14.8 Å². The lowest BCUT2D eigenvalue weighted by Gasteiger charge is -2.18. The van der Waals surface area contributed by atoms with Crippen LogP contribution in [0.1, 0.15) is 32.4 Å². The summed E-state index contributed by atoms with van der Waals surface area (Å²) in [6, 6.07) is 9.61. The molecule has 0 saturated carbocycles. The second-order valence-corrected chi connectivity index (χ2v) is 6.23. The maximum absolute atomic E-state index is 5.80. The van der Waals surface area contributed by atoms with Gasteiger partial charge >= 0.3 is 0 Å². The molecule has 0 aliphatic heterocycles. The van der Waals surface area contributed by atoms with Gasteiger partial charge in [0.05, 0.1) is 19.8 Å². The topological polar surface area (TPSA) is 86.5 Å². The lowest BCUT2D eigenvalue weighted by Crippen LogP contribution is -2.10. The Hall–Kier alpha value is -2.90. The molecule has 0 aliphatic carbocycles. The minimum Gasteiger partial charge on any atom is -0.493 e. The van der Waals surface area contributed by atoms with Gasteiger partial charge in [-0.05, 0) is 53.1 Å². The smallest absolute Gasteiger partial charge is 0.200 e. The zero-order valence-corrected chi connectivity index (χ0v) is 14.8. The van der Waals surface area contributed by atoms with Crippen molar-refractivity contribution in [3.05, 3.63) is 35.9 Å². The summed E-state index contributed by atoms with van der Waals surface area (Å²) in [6.45, 7) is 6.93. The number of tetrazole rings is 1. The van der Waals surface area contributed by atoms with Gasteiger partial charge in [-0.3, -0.25) is 0 Å². The highest BCUT2D eigenvalue weighted by Gasteiger charge is 2.12. The lowest BCUT2D eigenvalue weighted by atomic mass is 10.1. The molecule has 3 rings (SSSR count). The molecule has 3 aromatic rings. The van der Waals surface area contributed by atoms with Gasteiger partial charge in [0.15, 0.2) is 17.1 Å². The van der Waals surface area contributed by atoms with Gasteiger partial charge in [-0.1, -0.05) is 19.9 Å². The summed E-state index contributed by atoms with van der Waals surface area (Å²) in [5.74, 6) is 2.61. The Kier molecular flexibility index (Phi) is 4.97. The Labute approximate surface area is 146 Å². The number of fused-ring (bicyclic) bond motifs is 1. The average molecular weight is 342 g/mol. The van der Waals surface area contributed by atoms with Crippen LogP contribution in [0.5, 0.6) is 11.5 Å². The Balaban J connectivity index is 1.75. The quantitative estimate of drug-likeness (QED) is 0.706. The number of methoxy groups -OCH3 is 1. The largest absolute Gasteiger partial charge is 0.493 e. The molecule has 2 heterocycles. The molecule has 0 fully saturated rings. The first-order valence-electron chi connectivity index (χ1n) is 8.19. The van der Waals surface area contributed by atoms with E-state index in [1.165, 1.54) is 4.63 Å². The first-order valence-corrected chi connectivity index (χ1v) is 8.19. The average Bonchev–Trinajstić information content (AvgIpc) is 3.07. The van der Waals surface area contributed by atoms with Gasteiger partial charge in [0.25, 0.3) is 0 Å². The zero-order valence-electron chi connectivity index (χ0n) is 14.8.